The van der Waals surface area contributed by atoms with E-state index in [4.69, 9.17) is 4.74 Å². The van der Waals surface area contributed by atoms with E-state index in [1.54, 1.807) is 45.0 Å². The highest BCUT2D eigenvalue weighted by Gasteiger charge is 2.19. The Labute approximate surface area is 174 Å². The van der Waals surface area contributed by atoms with E-state index in [0.29, 0.717) is 17.0 Å². The van der Waals surface area contributed by atoms with Gasteiger partial charge in [-0.25, -0.2) is 9.97 Å². The van der Waals surface area contributed by atoms with Gasteiger partial charge in [0.1, 0.15) is 17.2 Å². The van der Waals surface area contributed by atoms with Crippen LogP contribution in [0, 0.1) is 5.95 Å². The van der Waals surface area contributed by atoms with Crippen LogP contribution in [0.1, 0.15) is 34.6 Å². The molecule has 8 heteroatoms. The first-order chi connectivity index (χ1) is 13.4. The zero-order valence-electron chi connectivity index (χ0n) is 17.6. The molecule has 0 aliphatic carbocycles. The van der Waals surface area contributed by atoms with E-state index in [9.17, 15) is 9.50 Å². The molecule has 0 radical (unpaired) electrons. The first kappa shape index (κ1) is 21.4. The molecule has 2 N–H and O–H groups in total. The molecule has 3 aromatic heterocycles. The first-order valence-electron chi connectivity index (χ1n) is 9.33. The van der Waals surface area contributed by atoms with Crippen molar-refractivity contribution in [2.24, 2.45) is 0 Å². The van der Waals surface area contributed by atoms with Crippen LogP contribution in [0.5, 0.6) is 5.75 Å². The number of fused-ring (bicyclic) bond motifs is 1. The van der Waals surface area contributed by atoms with Crippen molar-refractivity contribution in [1.82, 2.24) is 14.4 Å². The van der Waals surface area contributed by atoms with Gasteiger partial charge in [0.15, 0.2) is 0 Å². The highest BCUT2D eigenvalue weighted by molar-refractivity contribution is 8.00. The normalized spacial score (nSPS) is 12.4. The molecular weight excluding hydrogens is 391 g/mol. The number of rotatable bonds is 6. The number of aromatic nitrogens is 3. The second-order valence-electron chi connectivity index (χ2n) is 8.52. The highest BCUT2D eigenvalue weighted by Crippen LogP contribution is 2.39. The lowest BCUT2D eigenvalue weighted by atomic mass is 10.1. The Morgan fingerprint density at radius 1 is 1.21 bits per heavy atom. The van der Waals surface area contributed by atoms with Gasteiger partial charge < -0.3 is 15.2 Å². The molecule has 6 nitrogen and oxygen atoms in total. The van der Waals surface area contributed by atoms with Crippen molar-refractivity contribution in [3.8, 4) is 17.0 Å². The van der Waals surface area contributed by atoms with Crippen molar-refractivity contribution in [2.45, 2.75) is 49.9 Å². The molecule has 3 aromatic rings. The van der Waals surface area contributed by atoms with Crippen molar-refractivity contribution in [3.05, 3.63) is 36.5 Å². The molecule has 0 aliphatic rings. The Balaban J connectivity index is 2.06. The number of ether oxygens (including phenoxy) is 1. The number of aliphatic hydroxyl groups is 1. The first-order valence-corrected chi connectivity index (χ1v) is 10.2. The smallest absolute Gasteiger partial charge is 0.215 e. The molecule has 156 valence electrons. The number of halogens is 1. The fraction of sp³-hybridized carbons (Fsp3) is 0.429. The van der Waals surface area contributed by atoms with Crippen LogP contribution in [0.25, 0.3) is 16.9 Å². The summed E-state index contributed by atoms with van der Waals surface area (Å²) in [4.78, 5) is 9.31. The van der Waals surface area contributed by atoms with Crippen molar-refractivity contribution >= 4 is 23.2 Å². The van der Waals surface area contributed by atoms with Crippen LogP contribution in [-0.2, 0) is 0 Å². The van der Waals surface area contributed by atoms with Gasteiger partial charge in [-0.1, -0.05) is 20.8 Å². The number of hydrogen-bond donors (Lipinski definition) is 2. The number of nitrogens with zero attached hydrogens (tertiary/aromatic N) is 3. The number of imidazole rings is 1. The van der Waals surface area contributed by atoms with Gasteiger partial charge in [0, 0.05) is 35.2 Å². The summed E-state index contributed by atoms with van der Waals surface area (Å²) in [5.74, 6) is 0.506. The minimum atomic E-state index is -0.937. The maximum atomic E-state index is 14.2. The maximum Gasteiger partial charge on any atom is 0.215 e. The molecule has 3 heterocycles. The van der Waals surface area contributed by atoms with E-state index in [1.807, 2.05) is 16.7 Å². The summed E-state index contributed by atoms with van der Waals surface area (Å²) in [6.07, 6.45) is 3.67. The fourth-order valence-corrected chi connectivity index (χ4v) is 3.87. The van der Waals surface area contributed by atoms with E-state index in [2.05, 4.69) is 36.1 Å². The number of methoxy groups -OCH3 is 1. The molecule has 0 unspecified atom stereocenters. The summed E-state index contributed by atoms with van der Waals surface area (Å²) in [6.45, 7) is 10.00. The quantitative estimate of drug-likeness (QED) is 0.450. The molecule has 3 rings (SSSR count). The van der Waals surface area contributed by atoms with Crippen LogP contribution < -0.4 is 10.1 Å². The Morgan fingerprint density at radius 3 is 2.55 bits per heavy atom. The molecule has 0 bridgehead atoms. The standard InChI is InChI=1S/C21H27FN4O2S/c1-20(2,3)29-16-11-26-14(10-23-19(26)9-15(16)28-6)13-7-17(22)25-18(8-13)24-12-21(4,5)27/h7-11,27H,12H2,1-6H3,(H,24,25). The molecular formula is C21H27FN4O2S. The zero-order chi connectivity index (χ0) is 21.4. The predicted molar refractivity (Wildman–Crippen MR) is 115 cm³/mol. The van der Waals surface area contributed by atoms with Crippen LogP contribution in [0.2, 0.25) is 0 Å². The van der Waals surface area contributed by atoms with E-state index in [-0.39, 0.29) is 11.3 Å². The molecule has 0 aliphatic heterocycles. The van der Waals surface area contributed by atoms with Crippen LogP contribution in [-0.4, -0.2) is 43.5 Å². The van der Waals surface area contributed by atoms with Gasteiger partial charge in [-0.15, -0.1) is 11.8 Å². The molecule has 0 saturated heterocycles. The van der Waals surface area contributed by atoms with Crippen LogP contribution in [0.3, 0.4) is 0 Å². The largest absolute Gasteiger partial charge is 0.495 e. The van der Waals surface area contributed by atoms with Crippen molar-refractivity contribution in [2.75, 3.05) is 19.0 Å². The molecule has 0 atom stereocenters. The van der Waals surface area contributed by atoms with Gasteiger partial charge in [-0.05, 0) is 19.9 Å². The zero-order valence-corrected chi connectivity index (χ0v) is 18.4. The lowest BCUT2D eigenvalue weighted by molar-refractivity contribution is 0.0944. The molecule has 0 fully saturated rings. The SMILES string of the molecule is COc1cc2ncc(-c3cc(F)nc(NCC(C)(C)O)c3)n2cc1SC(C)(C)C. The van der Waals surface area contributed by atoms with Crippen molar-refractivity contribution in [3.63, 3.8) is 0 Å². The Kier molecular flexibility index (Phi) is 5.78. The lowest BCUT2D eigenvalue weighted by Gasteiger charge is -2.20. The average Bonchev–Trinajstić information content (AvgIpc) is 2.99. The van der Waals surface area contributed by atoms with Gasteiger partial charge >= 0.3 is 0 Å². The summed E-state index contributed by atoms with van der Waals surface area (Å²) >= 11 is 1.69. The van der Waals surface area contributed by atoms with Crippen molar-refractivity contribution < 1.29 is 14.2 Å². The summed E-state index contributed by atoms with van der Waals surface area (Å²) in [7, 11) is 1.64. The van der Waals surface area contributed by atoms with Crippen LogP contribution in [0.15, 0.2) is 35.5 Å². The number of thioether (sulfide) groups is 1. The molecule has 0 spiro atoms. The summed E-state index contributed by atoms with van der Waals surface area (Å²) in [6, 6.07) is 5.00. The Hall–Kier alpha value is -2.32. The Bertz CT molecular complexity index is 1020. The monoisotopic (exact) mass is 418 g/mol. The van der Waals surface area contributed by atoms with E-state index in [0.717, 1.165) is 16.3 Å². The van der Waals surface area contributed by atoms with Gasteiger partial charge in [0.2, 0.25) is 5.95 Å². The minimum Gasteiger partial charge on any atom is -0.495 e. The summed E-state index contributed by atoms with van der Waals surface area (Å²) in [5.41, 5.74) is 1.15. The second kappa shape index (κ2) is 7.84. The van der Waals surface area contributed by atoms with Crippen LogP contribution in [0.4, 0.5) is 10.2 Å². The molecule has 0 aromatic carbocycles. The number of hydrogen-bond acceptors (Lipinski definition) is 6. The third-order valence-electron chi connectivity index (χ3n) is 4.00. The van der Waals surface area contributed by atoms with Crippen LogP contribution >= 0.6 is 11.8 Å². The second-order valence-corrected chi connectivity index (χ2v) is 10.4. The van der Waals surface area contributed by atoms with E-state index >= 15 is 0 Å². The average molecular weight is 419 g/mol. The number of pyridine rings is 2. The summed E-state index contributed by atoms with van der Waals surface area (Å²) < 4.78 is 21.7. The van der Waals surface area contributed by atoms with E-state index < -0.39 is 11.5 Å². The van der Waals surface area contributed by atoms with Gasteiger partial charge in [0.25, 0.3) is 0 Å². The third kappa shape index (κ3) is 5.39. The minimum absolute atomic E-state index is 0.00133. The highest BCUT2D eigenvalue weighted by atomic mass is 32.2. The summed E-state index contributed by atoms with van der Waals surface area (Å²) in [5, 5.41) is 12.9. The van der Waals surface area contributed by atoms with Gasteiger partial charge in [0.05, 0.1) is 29.5 Å². The molecule has 29 heavy (non-hydrogen) atoms. The number of anilines is 1. The van der Waals surface area contributed by atoms with E-state index in [1.165, 1.54) is 6.07 Å². The Morgan fingerprint density at radius 2 is 1.93 bits per heavy atom. The molecule has 0 saturated carbocycles. The molecule has 0 amide bonds. The predicted octanol–water partition coefficient (Wildman–Crippen LogP) is 4.62. The van der Waals surface area contributed by atoms with Gasteiger partial charge in [-0.3, -0.25) is 4.40 Å². The van der Waals surface area contributed by atoms with Gasteiger partial charge in [-0.2, -0.15) is 4.39 Å². The fourth-order valence-electron chi connectivity index (χ4n) is 2.81. The third-order valence-corrected chi connectivity index (χ3v) is 5.14. The lowest BCUT2D eigenvalue weighted by Crippen LogP contribution is -2.29. The topological polar surface area (TPSA) is 71.7 Å². The number of nitrogens with one attached hydrogen (secondary N) is 1. The maximum absolute atomic E-state index is 14.2. The van der Waals surface area contributed by atoms with Crippen molar-refractivity contribution in [1.29, 1.82) is 0 Å².